The second kappa shape index (κ2) is 24.1. The molecule has 0 radical (unpaired) electrons. The Morgan fingerprint density at radius 2 is 1.41 bits per heavy atom. The highest BCUT2D eigenvalue weighted by Gasteiger charge is 2.40. The van der Waals surface area contributed by atoms with Crippen LogP contribution < -0.4 is 29.9 Å². The third kappa shape index (κ3) is 16.0. The van der Waals surface area contributed by atoms with Crippen LogP contribution in [0.4, 0.5) is 9.59 Å². The van der Waals surface area contributed by atoms with Gasteiger partial charge in [-0.05, 0) is 92.2 Å². The SMILES string of the molecule is CC[C@H](C)[C@H](NC(=O)OCc1ccccc1)C(=O)N[C@@H](Cc1cc(O[Si](C)(C)C(C)(C)C)c(OC)c(-c2cc(C[C@@H](COCOC)NC(=O)OC(C)(C)C)ccc2OC)c1)C(=O)OC. The molecule has 0 bridgehead atoms. The molecule has 4 atom stereocenters. The van der Waals surface area contributed by atoms with Crippen LogP contribution in [0.1, 0.15) is 78.5 Å². The van der Waals surface area contributed by atoms with Crippen molar-refractivity contribution >= 4 is 32.4 Å². The molecule has 15 nitrogen and oxygen atoms in total. The maximum Gasteiger partial charge on any atom is 0.408 e. The van der Waals surface area contributed by atoms with Crippen LogP contribution in [-0.4, -0.2) is 97.9 Å². The number of rotatable bonds is 22. The number of hydrogen-bond acceptors (Lipinski definition) is 12. The Balaban J connectivity index is 2.13. The fraction of sp³-hybridized carbons (Fsp3) is 0.542. The fourth-order valence-electron chi connectivity index (χ4n) is 6.39. The first kappa shape index (κ1) is 53.0. The van der Waals surface area contributed by atoms with Crippen molar-refractivity contribution in [3.63, 3.8) is 0 Å². The first-order valence-corrected chi connectivity index (χ1v) is 24.5. The smallest absolute Gasteiger partial charge is 0.408 e. The van der Waals surface area contributed by atoms with Crippen molar-refractivity contribution in [1.82, 2.24) is 16.0 Å². The van der Waals surface area contributed by atoms with E-state index in [0.717, 1.165) is 11.1 Å². The Bertz CT molecular complexity index is 2000. The highest BCUT2D eigenvalue weighted by molar-refractivity contribution is 6.74. The number of nitrogens with one attached hydrogen (secondary N) is 3. The number of carbonyl (C=O) groups excluding carboxylic acids is 4. The van der Waals surface area contributed by atoms with Crippen LogP contribution >= 0.6 is 0 Å². The molecule has 3 rings (SSSR count). The van der Waals surface area contributed by atoms with Crippen LogP contribution in [0.2, 0.25) is 18.1 Å². The topological polar surface area (TPSA) is 178 Å². The predicted octanol–water partition coefficient (Wildman–Crippen LogP) is 8.35. The van der Waals surface area contributed by atoms with Gasteiger partial charge in [-0.3, -0.25) is 4.79 Å². The summed E-state index contributed by atoms with van der Waals surface area (Å²) < 4.78 is 46.0. The van der Waals surface area contributed by atoms with Crippen LogP contribution in [-0.2, 0) is 52.7 Å². The monoisotopic (exact) mass is 909 g/mol. The molecule has 0 saturated carbocycles. The third-order valence-corrected chi connectivity index (χ3v) is 15.3. The van der Waals surface area contributed by atoms with Gasteiger partial charge in [0.1, 0.15) is 42.6 Å². The van der Waals surface area contributed by atoms with Gasteiger partial charge in [0.05, 0.1) is 34.0 Å². The summed E-state index contributed by atoms with van der Waals surface area (Å²) in [5.74, 6) is -0.183. The zero-order valence-electron chi connectivity index (χ0n) is 40.2. The van der Waals surface area contributed by atoms with E-state index in [0.29, 0.717) is 46.8 Å². The second-order valence-corrected chi connectivity index (χ2v) is 23.0. The van der Waals surface area contributed by atoms with Gasteiger partial charge in [0.25, 0.3) is 8.32 Å². The van der Waals surface area contributed by atoms with E-state index in [9.17, 15) is 19.2 Å². The van der Waals surface area contributed by atoms with E-state index >= 15 is 0 Å². The first-order chi connectivity index (χ1) is 30.1. The lowest BCUT2D eigenvalue weighted by Gasteiger charge is -2.37. The number of alkyl carbamates (subject to hydrolysis) is 2. The number of carbonyl (C=O) groups is 4. The van der Waals surface area contributed by atoms with Crippen molar-refractivity contribution in [3.05, 3.63) is 77.4 Å². The Kier molecular flexibility index (Phi) is 20.0. The lowest BCUT2D eigenvalue weighted by molar-refractivity contribution is -0.145. The summed E-state index contributed by atoms with van der Waals surface area (Å²) in [6.07, 6.45) is -0.478. The third-order valence-electron chi connectivity index (χ3n) is 11.0. The largest absolute Gasteiger partial charge is 0.541 e. The molecule has 3 amide bonds. The molecule has 0 aliphatic heterocycles. The van der Waals surface area contributed by atoms with Crippen LogP contribution in [0, 0.1) is 5.92 Å². The zero-order chi connectivity index (χ0) is 47.8. The van der Waals surface area contributed by atoms with Crippen molar-refractivity contribution in [3.8, 4) is 28.4 Å². The second-order valence-electron chi connectivity index (χ2n) is 18.3. The Morgan fingerprint density at radius 1 is 0.734 bits per heavy atom. The summed E-state index contributed by atoms with van der Waals surface area (Å²) in [4.78, 5) is 53.5. The number of amides is 3. The Morgan fingerprint density at radius 3 is 1.98 bits per heavy atom. The average molecular weight is 910 g/mol. The maximum atomic E-state index is 14.1. The van der Waals surface area contributed by atoms with Gasteiger partial charge in [0.15, 0.2) is 5.75 Å². The molecular weight excluding hydrogens is 839 g/mol. The molecule has 64 heavy (non-hydrogen) atoms. The Labute approximate surface area is 380 Å². The standard InChI is InChI=1S/C48H71N3O12Si/c1-15-31(2)41(51-45(54)61-28-32-19-17-16-18-20-32)43(52)50-38(44(53)59-12)26-34-25-37(42(58-11)40(27-34)63-64(13,14)48(6,7)8)36-24-33(21-22-39(36)57-10)23-35(29-60-30-56-9)49-46(55)62-47(3,4)5/h16-22,24-25,27,31,35,38,41H,15,23,26,28-30H2,1-14H3,(H,49,55)(H,50,52)(H,51,54)/t31-,35-,38-,41-/m0/s1. The molecule has 3 aromatic rings. The molecule has 3 N–H and O–H groups in total. The molecule has 0 aromatic heterocycles. The van der Waals surface area contributed by atoms with E-state index in [1.165, 1.54) is 14.2 Å². The number of hydrogen-bond donors (Lipinski definition) is 3. The number of esters is 1. The fourth-order valence-corrected chi connectivity index (χ4v) is 7.40. The van der Waals surface area contributed by atoms with Crippen LogP contribution in [0.3, 0.4) is 0 Å². The summed E-state index contributed by atoms with van der Waals surface area (Å²) in [5, 5.41) is 8.29. The molecule has 16 heteroatoms. The minimum Gasteiger partial charge on any atom is -0.541 e. The molecule has 0 aliphatic rings. The zero-order valence-corrected chi connectivity index (χ0v) is 41.2. The first-order valence-electron chi connectivity index (χ1n) is 21.5. The molecule has 0 spiro atoms. The summed E-state index contributed by atoms with van der Waals surface area (Å²) in [7, 11) is 3.38. The quantitative estimate of drug-likeness (QED) is 0.0289. The number of benzene rings is 3. The van der Waals surface area contributed by atoms with Gasteiger partial charge in [0, 0.05) is 24.7 Å². The number of ether oxygens (including phenoxy) is 7. The van der Waals surface area contributed by atoms with E-state index in [1.54, 1.807) is 35.0 Å². The minimum absolute atomic E-state index is 0.0182. The van der Waals surface area contributed by atoms with E-state index in [4.69, 9.17) is 37.6 Å². The van der Waals surface area contributed by atoms with Gasteiger partial charge in [-0.25, -0.2) is 14.4 Å². The summed E-state index contributed by atoms with van der Waals surface area (Å²) in [5.41, 5.74) is 2.75. The van der Waals surface area contributed by atoms with Gasteiger partial charge >= 0.3 is 18.2 Å². The molecule has 354 valence electrons. The van der Waals surface area contributed by atoms with Crippen molar-refractivity contribution in [2.75, 3.05) is 41.8 Å². The Hall–Kier alpha value is -5.32. The van der Waals surface area contributed by atoms with Crippen molar-refractivity contribution < 1.29 is 56.8 Å². The molecule has 0 saturated heterocycles. The van der Waals surface area contributed by atoms with Crippen molar-refractivity contribution in [1.29, 1.82) is 0 Å². The molecule has 3 aromatic carbocycles. The van der Waals surface area contributed by atoms with Gasteiger partial charge in [-0.15, -0.1) is 0 Å². The molecule has 0 aliphatic carbocycles. The van der Waals surface area contributed by atoms with E-state index in [2.05, 4.69) is 49.8 Å². The van der Waals surface area contributed by atoms with Gasteiger partial charge in [0.2, 0.25) is 5.91 Å². The molecule has 0 heterocycles. The van der Waals surface area contributed by atoms with E-state index in [1.807, 2.05) is 74.5 Å². The molecule has 0 fully saturated rings. The van der Waals surface area contributed by atoms with Crippen molar-refractivity contribution in [2.45, 2.75) is 123 Å². The summed E-state index contributed by atoms with van der Waals surface area (Å²) in [6, 6.07) is 15.9. The summed E-state index contributed by atoms with van der Waals surface area (Å²) in [6.45, 7) is 19.9. The average Bonchev–Trinajstić information content (AvgIpc) is 3.22. The van der Waals surface area contributed by atoms with Crippen LogP contribution in [0.5, 0.6) is 17.2 Å². The van der Waals surface area contributed by atoms with Crippen molar-refractivity contribution in [2.24, 2.45) is 5.92 Å². The number of methoxy groups -OCH3 is 4. The van der Waals surface area contributed by atoms with Gasteiger partial charge in [-0.1, -0.05) is 77.4 Å². The highest BCUT2D eigenvalue weighted by Crippen LogP contribution is 2.47. The maximum absolute atomic E-state index is 14.1. The van der Waals surface area contributed by atoms with Gasteiger partial charge < -0.3 is 53.5 Å². The van der Waals surface area contributed by atoms with E-state index < -0.39 is 56.1 Å². The molecule has 0 unspecified atom stereocenters. The minimum atomic E-state index is -2.52. The van der Waals surface area contributed by atoms with Gasteiger partial charge in [-0.2, -0.15) is 0 Å². The normalized spacial score (nSPS) is 13.7. The lowest BCUT2D eigenvalue weighted by atomic mass is 9.94. The predicted molar refractivity (Wildman–Crippen MR) is 248 cm³/mol. The molecular formula is C48H71N3O12Si. The van der Waals surface area contributed by atoms with Crippen LogP contribution in [0.25, 0.3) is 11.1 Å². The highest BCUT2D eigenvalue weighted by atomic mass is 28.4. The summed E-state index contributed by atoms with van der Waals surface area (Å²) >= 11 is 0. The van der Waals surface area contributed by atoms with Crippen LogP contribution in [0.15, 0.2) is 60.7 Å². The lowest BCUT2D eigenvalue weighted by Crippen LogP contribution is -2.54. The van der Waals surface area contributed by atoms with E-state index in [-0.39, 0.29) is 37.4 Å².